The minimum Gasteiger partial charge on any atom is -0.371 e. The molecule has 1 heterocycles. The van der Waals surface area contributed by atoms with E-state index < -0.39 is 10.3 Å². The zero-order valence-corrected chi connectivity index (χ0v) is 10.5. The summed E-state index contributed by atoms with van der Waals surface area (Å²) >= 11 is 1.02. The summed E-state index contributed by atoms with van der Waals surface area (Å²) in [6, 6.07) is 6.21. The van der Waals surface area contributed by atoms with Gasteiger partial charge in [0.25, 0.3) is 0 Å². The second kappa shape index (κ2) is 4.10. The Kier molecular flexibility index (Phi) is 2.90. The quantitative estimate of drug-likeness (QED) is 0.887. The van der Waals surface area contributed by atoms with Gasteiger partial charge in [-0.1, -0.05) is 11.3 Å². The molecule has 2 N–H and O–H groups in total. The summed E-state index contributed by atoms with van der Waals surface area (Å²) < 4.78 is 26.6. The summed E-state index contributed by atoms with van der Waals surface area (Å²) in [5.74, 6) is 0.0984. The molecule has 7 heteroatoms. The van der Waals surface area contributed by atoms with E-state index >= 15 is 0 Å². The Bertz CT molecular complexity index is 734. The molecule has 0 aliphatic heterocycles. The molecule has 5 nitrogen and oxygen atoms in total. The molecule has 0 atom stereocenters. The van der Waals surface area contributed by atoms with Gasteiger partial charge in [0, 0.05) is 4.70 Å². The molecular weight excluding hydrogens is 262 g/mol. The van der Waals surface area contributed by atoms with E-state index in [-0.39, 0.29) is 10.5 Å². The lowest BCUT2D eigenvalue weighted by atomic mass is 10.2. The number of rotatable bonds is 2. The summed E-state index contributed by atoms with van der Waals surface area (Å²) in [4.78, 5) is 11.3. The lowest BCUT2D eigenvalue weighted by Gasteiger charge is -2.04. The van der Waals surface area contributed by atoms with Crippen LogP contribution in [0.4, 0.5) is 0 Å². The van der Waals surface area contributed by atoms with Crippen molar-refractivity contribution in [3.05, 3.63) is 39.4 Å². The molecule has 0 unspecified atom stereocenters. The van der Waals surface area contributed by atoms with Crippen LogP contribution in [0.25, 0.3) is 10.1 Å². The maximum atomic E-state index is 11.3. The maximum absolute atomic E-state index is 11.3. The van der Waals surface area contributed by atoms with Crippen molar-refractivity contribution in [2.75, 3.05) is 0 Å². The number of benzene rings is 1. The minimum atomic E-state index is -4.04. The molecule has 0 radical (unpaired) electrons. The van der Waals surface area contributed by atoms with Crippen LogP contribution in [0.1, 0.15) is 5.56 Å². The summed E-state index contributed by atoms with van der Waals surface area (Å²) in [5, 5.41) is 5.65. The van der Waals surface area contributed by atoms with Gasteiger partial charge in [0.2, 0.25) is 4.74 Å². The van der Waals surface area contributed by atoms with Crippen molar-refractivity contribution >= 4 is 31.7 Å². The molecule has 2 aromatic rings. The topological polar surface area (TPSA) is 86.5 Å². The Hall–Kier alpha value is -1.44. The lowest BCUT2D eigenvalue weighted by molar-refractivity contribution is 0.488. The van der Waals surface area contributed by atoms with Gasteiger partial charge in [-0.2, -0.15) is 13.6 Å². The van der Waals surface area contributed by atoms with Crippen LogP contribution in [0, 0.1) is 6.92 Å². The van der Waals surface area contributed by atoms with Crippen LogP contribution in [0.2, 0.25) is 0 Å². The predicted molar refractivity (Wildman–Crippen MR) is 66.6 cm³/mol. The molecule has 1 aromatic heterocycles. The second-order valence-electron chi connectivity index (χ2n) is 3.48. The van der Waals surface area contributed by atoms with Crippen LogP contribution in [0.5, 0.6) is 5.75 Å². The number of hydrogen-bond acceptors (Lipinski definition) is 5. The Morgan fingerprint density at radius 3 is 2.65 bits per heavy atom. The molecule has 0 aliphatic rings. The van der Waals surface area contributed by atoms with Gasteiger partial charge >= 0.3 is 10.3 Å². The zero-order chi connectivity index (χ0) is 12.6. The van der Waals surface area contributed by atoms with Gasteiger partial charge in [0.05, 0.1) is 0 Å². The maximum Gasteiger partial charge on any atom is 0.380 e. The number of fused-ring (bicyclic) bond motifs is 1. The molecule has 1 aromatic carbocycles. The number of hydrogen-bond donors (Lipinski definition) is 1. The standard InChI is InChI=1S/C10H9NO4S2/c1-6-4-10(12)16-9-5-7(2-3-8(6)9)15-17(11,13)14/h2-5H,1H3,(H2,11,13,14). The van der Waals surface area contributed by atoms with Gasteiger partial charge in [-0.3, -0.25) is 4.79 Å². The number of nitrogens with two attached hydrogens (primary N) is 1. The highest BCUT2D eigenvalue weighted by atomic mass is 32.2. The smallest absolute Gasteiger partial charge is 0.371 e. The van der Waals surface area contributed by atoms with E-state index in [0.717, 1.165) is 22.3 Å². The Labute approximate surface area is 102 Å². The monoisotopic (exact) mass is 271 g/mol. The SMILES string of the molecule is Cc1cc(=O)sc2cc(OS(N)(=O)=O)ccc12. The molecule has 0 aliphatic carbocycles. The van der Waals surface area contributed by atoms with Gasteiger partial charge in [-0.05, 0) is 42.1 Å². The largest absolute Gasteiger partial charge is 0.380 e. The molecule has 0 saturated carbocycles. The second-order valence-corrected chi connectivity index (χ2v) is 5.68. The molecular formula is C10H9NO4S2. The van der Waals surface area contributed by atoms with E-state index in [0.29, 0.717) is 4.70 Å². The third kappa shape index (κ3) is 2.82. The van der Waals surface area contributed by atoms with Crippen LogP contribution in [-0.4, -0.2) is 8.42 Å². The molecule has 0 saturated heterocycles. The minimum absolute atomic E-state index is 0.0947. The fraction of sp³-hybridized carbons (Fsp3) is 0.100. The summed E-state index contributed by atoms with van der Waals surface area (Å²) in [5.41, 5.74) is 0.839. The predicted octanol–water partition coefficient (Wildman–Crippen LogP) is 1.15. The number of aryl methyl sites for hydroxylation is 1. The van der Waals surface area contributed by atoms with Crippen LogP contribution in [0.15, 0.2) is 29.1 Å². The molecule has 0 fully saturated rings. The lowest BCUT2D eigenvalue weighted by Crippen LogP contribution is -2.18. The summed E-state index contributed by atoms with van der Waals surface area (Å²) in [6.07, 6.45) is 0. The van der Waals surface area contributed by atoms with Crippen molar-refractivity contribution in [3.8, 4) is 5.75 Å². The normalized spacial score (nSPS) is 11.6. The molecule has 0 bridgehead atoms. The first kappa shape index (κ1) is 12.0. The highest BCUT2D eigenvalue weighted by molar-refractivity contribution is 7.84. The average Bonchev–Trinajstić information content (AvgIpc) is 2.13. The van der Waals surface area contributed by atoms with E-state index in [9.17, 15) is 13.2 Å². The van der Waals surface area contributed by atoms with Crippen LogP contribution in [0.3, 0.4) is 0 Å². The first-order valence-corrected chi connectivity index (χ1v) is 6.91. The van der Waals surface area contributed by atoms with Crippen LogP contribution >= 0.6 is 11.3 Å². The third-order valence-electron chi connectivity index (χ3n) is 2.14. The van der Waals surface area contributed by atoms with Crippen molar-refractivity contribution in [2.24, 2.45) is 5.14 Å². The van der Waals surface area contributed by atoms with Crippen molar-refractivity contribution in [2.45, 2.75) is 6.92 Å². The first-order chi connectivity index (χ1) is 7.85. The fourth-order valence-electron chi connectivity index (χ4n) is 1.49. The third-order valence-corrected chi connectivity index (χ3v) is 3.44. The van der Waals surface area contributed by atoms with Crippen LogP contribution < -0.4 is 14.1 Å². The van der Waals surface area contributed by atoms with E-state index in [1.807, 2.05) is 6.92 Å². The van der Waals surface area contributed by atoms with Gasteiger partial charge in [-0.15, -0.1) is 0 Å². The Morgan fingerprint density at radius 2 is 2.00 bits per heavy atom. The molecule has 0 amide bonds. The fourth-order valence-corrected chi connectivity index (χ4v) is 2.83. The van der Waals surface area contributed by atoms with Crippen molar-refractivity contribution in [1.82, 2.24) is 0 Å². The highest BCUT2D eigenvalue weighted by Crippen LogP contribution is 2.25. The van der Waals surface area contributed by atoms with Crippen LogP contribution in [-0.2, 0) is 10.3 Å². The summed E-state index contributed by atoms with van der Waals surface area (Å²) in [7, 11) is -4.04. The van der Waals surface area contributed by atoms with E-state index in [1.54, 1.807) is 6.07 Å². The van der Waals surface area contributed by atoms with Gasteiger partial charge in [-0.25, -0.2) is 0 Å². The molecule has 2 rings (SSSR count). The Morgan fingerprint density at radius 1 is 1.29 bits per heavy atom. The molecule has 17 heavy (non-hydrogen) atoms. The van der Waals surface area contributed by atoms with Gasteiger partial charge < -0.3 is 4.18 Å². The molecule has 0 spiro atoms. The van der Waals surface area contributed by atoms with Gasteiger partial charge in [0.15, 0.2) is 0 Å². The van der Waals surface area contributed by atoms with Crippen molar-refractivity contribution in [1.29, 1.82) is 0 Å². The van der Waals surface area contributed by atoms with E-state index in [1.165, 1.54) is 18.2 Å². The summed E-state index contributed by atoms with van der Waals surface area (Å²) in [6.45, 7) is 1.82. The Balaban J connectivity index is 2.62. The van der Waals surface area contributed by atoms with E-state index in [4.69, 9.17) is 5.14 Å². The van der Waals surface area contributed by atoms with Crippen molar-refractivity contribution in [3.63, 3.8) is 0 Å². The zero-order valence-electron chi connectivity index (χ0n) is 8.84. The first-order valence-electron chi connectivity index (χ1n) is 4.62. The van der Waals surface area contributed by atoms with Gasteiger partial charge in [0.1, 0.15) is 5.75 Å². The average molecular weight is 271 g/mol. The molecule has 90 valence electrons. The van der Waals surface area contributed by atoms with Crippen molar-refractivity contribution < 1.29 is 12.6 Å². The highest BCUT2D eigenvalue weighted by Gasteiger charge is 2.07. The van der Waals surface area contributed by atoms with E-state index in [2.05, 4.69) is 4.18 Å².